The number of benzene rings is 1. The first-order valence-corrected chi connectivity index (χ1v) is 7.25. The molecule has 0 N–H and O–H groups in total. The zero-order valence-electron chi connectivity index (χ0n) is 10.7. The fourth-order valence-corrected chi connectivity index (χ4v) is 1.85. The summed E-state index contributed by atoms with van der Waals surface area (Å²) in [5.74, 6) is 0. The first-order chi connectivity index (χ1) is 7.93. The van der Waals surface area contributed by atoms with Gasteiger partial charge in [-0.25, -0.2) is 4.21 Å². The minimum atomic E-state index is -4.36. The Labute approximate surface area is 105 Å². The summed E-state index contributed by atoms with van der Waals surface area (Å²) in [7, 11) is -2.51. The summed E-state index contributed by atoms with van der Waals surface area (Å²) in [5.41, 5.74) is -0.440. The molecule has 1 aromatic rings. The van der Waals surface area contributed by atoms with Crippen molar-refractivity contribution in [1.82, 2.24) is 0 Å². The maximum Gasteiger partial charge on any atom is 0.416 e. The van der Waals surface area contributed by atoms with Crippen molar-refractivity contribution in [3.05, 3.63) is 29.8 Å². The maximum absolute atomic E-state index is 12.4. The highest BCUT2D eigenvalue weighted by atomic mass is 32.2. The van der Waals surface area contributed by atoms with Crippen LogP contribution in [0.2, 0.25) is 0 Å². The Morgan fingerprint density at radius 1 is 1.06 bits per heavy atom. The van der Waals surface area contributed by atoms with E-state index >= 15 is 0 Å². The summed E-state index contributed by atoms with van der Waals surface area (Å²) in [5, 5.41) is 0. The van der Waals surface area contributed by atoms with Gasteiger partial charge in [-0.2, -0.15) is 17.5 Å². The SMILES string of the molecule is CC(C)(C)S(C)(=O)=Nc1ccc(C(F)(F)F)cc1. The van der Waals surface area contributed by atoms with Crippen LogP contribution in [0.15, 0.2) is 28.6 Å². The monoisotopic (exact) mass is 279 g/mol. The van der Waals surface area contributed by atoms with Crippen molar-refractivity contribution in [3.8, 4) is 0 Å². The Morgan fingerprint density at radius 3 is 1.83 bits per heavy atom. The van der Waals surface area contributed by atoms with E-state index in [4.69, 9.17) is 0 Å². The molecule has 0 spiro atoms. The highest BCUT2D eigenvalue weighted by Gasteiger charge is 2.30. The molecule has 6 heteroatoms. The van der Waals surface area contributed by atoms with Gasteiger partial charge in [-0.1, -0.05) is 0 Å². The molecule has 0 saturated heterocycles. The third-order valence-electron chi connectivity index (χ3n) is 2.61. The molecule has 0 aromatic heterocycles. The second kappa shape index (κ2) is 4.57. The lowest BCUT2D eigenvalue weighted by Crippen LogP contribution is -2.25. The molecule has 0 fully saturated rings. The molecule has 1 atom stereocenters. The third-order valence-corrected chi connectivity index (χ3v) is 5.44. The average molecular weight is 279 g/mol. The van der Waals surface area contributed by atoms with Crippen molar-refractivity contribution >= 4 is 15.4 Å². The van der Waals surface area contributed by atoms with Gasteiger partial charge in [0.25, 0.3) is 0 Å². The number of rotatable bonds is 1. The normalized spacial score (nSPS) is 16.2. The molecule has 0 amide bonds. The lowest BCUT2D eigenvalue weighted by Gasteiger charge is -2.20. The van der Waals surface area contributed by atoms with E-state index in [1.54, 1.807) is 20.8 Å². The van der Waals surface area contributed by atoms with Gasteiger partial charge in [0.05, 0.1) is 21.0 Å². The van der Waals surface area contributed by atoms with E-state index in [1.807, 2.05) is 0 Å². The fraction of sp³-hybridized carbons (Fsp3) is 0.500. The first-order valence-electron chi connectivity index (χ1n) is 5.32. The second-order valence-electron chi connectivity index (χ2n) is 5.05. The van der Waals surface area contributed by atoms with Crippen LogP contribution >= 0.6 is 0 Å². The van der Waals surface area contributed by atoms with Crippen LogP contribution in [0.4, 0.5) is 18.9 Å². The lowest BCUT2D eigenvalue weighted by molar-refractivity contribution is -0.137. The van der Waals surface area contributed by atoms with E-state index in [0.29, 0.717) is 5.69 Å². The minimum absolute atomic E-state index is 0.297. The van der Waals surface area contributed by atoms with Crippen molar-refractivity contribution in [2.75, 3.05) is 6.26 Å². The van der Waals surface area contributed by atoms with Gasteiger partial charge in [-0.3, -0.25) is 0 Å². The Morgan fingerprint density at radius 2 is 1.50 bits per heavy atom. The quantitative estimate of drug-likeness (QED) is 0.756. The molecule has 18 heavy (non-hydrogen) atoms. The van der Waals surface area contributed by atoms with Gasteiger partial charge in [0, 0.05) is 11.0 Å². The van der Waals surface area contributed by atoms with Crippen LogP contribution in [0.1, 0.15) is 26.3 Å². The van der Waals surface area contributed by atoms with Gasteiger partial charge in [0.1, 0.15) is 0 Å². The zero-order valence-corrected chi connectivity index (χ0v) is 11.5. The fourth-order valence-electron chi connectivity index (χ4n) is 1.05. The number of hydrogen-bond acceptors (Lipinski definition) is 2. The molecule has 0 radical (unpaired) electrons. The first kappa shape index (κ1) is 15.0. The largest absolute Gasteiger partial charge is 0.416 e. The smallest absolute Gasteiger partial charge is 0.249 e. The zero-order chi connectivity index (χ0) is 14.2. The molecule has 0 heterocycles. The number of halogens is 3. The van der Waals surface area contributed by atoms with Crippen LogP contribution < -0.4 is 0 Å². The number of nitrogens with zero attached hydrogens (tertiary/aromatic N) is 1. The standard InChI is InChI=1S/C12H16F3NOS/c1-11(2,3)18(4,17)16-10-7-5-9(6-8-10)12(13,14)15/h5-8H,1-4H3. The lowest BCUT2D eigenvalue weighted by atomic mass is 10.2. The van der Waals surface area contributed by atoms with Crippen LogP contribution in [0.3, 0.4) is 0 Å². The van der Waals surface area contributed by atoms with Crippen LogP contribution in [0.25, 0.3) is 0 Å². The molecule has 2 nitrogen and oxygen atoms in total. The Bertz CT molecular complexity index is 532. The molecule has 0 aliphatic carbocycles. The van der Waals surface area contributed by atoms with Gasteiger partial charge >= 0.3 is 6.18 Å². The summed E-state index contributed by atoms with van der Waals surface area (Å²) < 4.78 is 52.9. The summed E-state index contributed by atoms with van der Waals surface area (Å²) >= 11 is 0. The molecule has 0 saturated carbocycles. The Balaban J connectivity index is 3.16. The number of alkyl halides is 3. The summed E-state index contributed by atoms with van der Waals surface area (Å²) in [6.45, 7) is 5.34. The maximum atomic E-state index is 12.4. The van der Waals surface area contributed by atoms with E-state index in [2.05, 4.69) is 4.36 Å². The summed E-state index contributed by atoms with van der Waals surface area (Å²) in [6, 6.07) is 4.35. The Kier molecular flexibility index (Phi) is 3.81. The van der Waals surface area contributed by atoms with Gasteiger partial charge in [0.2, 0.25) is 0 Å². The molecule has 0 aliphatic heterocycles. The van der Waals surface area contributed by atoms with Gasteiger partial charge < -0.3 is 0 Å². The molecule has 1 rings (SSSR count). The minimum Gasteiger partial charge on any atom is -0.249 e. The Hall–Kier alpha value is -1.04. The third kappa shape index (κ3) is 3.48. The van der Waals surface area contributed by atoms with E-state index in [-0.39, 0.29) is 0 Å². The van der Waals surface area contributed by atoms with Crippen molar-refractivity contribution in [1.29, 1.82) is 0 Å². The molecular weight excluding hydrogens is 263 g/mol. The van der Waals surface area contributed by atoms with Crippen molar-refractivity contribution in [2.45, 2.75) is 31.7 Å². The van der Waals surface area contributed by atoms with Gasteiger partial charge in [-0.05, 0) is 45.0 Å². The second-order valence-corrected chi connectivity index (χ2v) is 8.06. The van der Waals surface area contributed by atoms with E-state index in [0.717, 1.165) is 12.1 Å². The molecule has 0 aliphatic rings. The highest BCUT2D eigenvalue weighted by Crippen LogP contribution is 2.31. The van der Waals surface area contributed by atoms with E-state index < -0.39 is 26.2 Å². The molecule has 102 valence electrons. The predicted molar refractivity (Wildman–Crippen MR) is 67.4 cm³/mol. The summed E-state index contributed by atoms with van der Waals surface area (Å²) in [6.07, 6.45) is -2.86. The van der Waals surface area contributed by atoms with Crippen molar-refractivity contribution in [3.63, 3.8) is 0 Å². The molecular formula is C12H16F3NOS. The molecule has 1 unspecified atom stereocenters. The summed E-state index contributed by atoms with van der Waals surface area (Å²) in [4.78, 5) is 0. The topological polar surface area (TPSA) is 29.4 Å². The molecule has 1 aromatic carbocycles. The number of hydrogen-bond donors (Lipinski definition) is 0. The molecule has 0 bridgehead atoms. The average Bonchev–Trinajstić information content (AvgIpc) is 2.14. The van der Waals surface area contributed by atoms with Crippen molar-refractivity contribution in [2.24, 2.45) is 4.36 Å². The van der Waals surface area contributed by atoms with Crippen LogP contribution in [0, 0.1) is 0 Å². The predicted octanol–water partition coefficient (Wildman–Crippen LogP) is 4.23. The van der Waals surface area contributed by atoms with Crippen LogP contribution in [-0.2, 0) is 15.9 Å². The van der Waals surface area contributed by atoms with E-state index in [1.165, 1.54) is 18.4 Å². The highest BCUT2D eigenvalue weighted by molar-refractivity contribution is 7.94. The van der Waals surface area contributed by atoms with Gasteiger partial charge in [-0.15, -0.1) is 0 Å². The van der Waals surface area contributed by atoms with Gasteiger partial charge in [0.15, 0.2) is 0 Å². The van der Waals surface area contributed by atoms with E-state index in [9.17, 15) is 17.4 Å². The van der Waals surface area contributed by atoms with Crippen molar-refractivity contribution < 1.29 is 17.4 Å². The van der Waals surface area contributed by atoms with Crippen LogP contribution in [-0.4, -0.2) is 15.2 Å². The van der Waals surface area contributed by atoms with Crippen LogP contribution in [0.5, 0.6) is 0 Å².